The molecule has 0 spiro atoms. The van der Waals surface area contributed by atoms with Gasteiger partial charge in [0.05, 0.1) is 19.1 Å². The number of unbranched alkanes of at least 4 members (excludes halogenated alkanes) is 1. The van der Waals surface area contributed by atoms with Crippen LogP contribution in [0.1, 0.15) is 26.2 Å². The van der Waals surface area contributed by atoms with Gasteiger partial charge in [0.2, 0.25) is 5.91 Å². The van der Waals surface area contributed by atoms with Crippen LogP contribution in [0.2, 0.25) is 0 Å². The summed E-state index contributed by atoms with van der Waals surface area (Å²) < 4.78 is 10.1. The van der Waals surface area contributed by atoms with Crippen LogP contribution in [-0.4, -0.2) is 57.4 Å². The van der Waals surface area contributed by atoms with Crippen LogP contribution < -0.4 is 5.73 Å². The molecule has 0 bridgehead atoms. The van der Waals surface area contributed by atoms with E-state index in [9.17, 15) is 4.79 Å². The first-order valence-corrected chi connectivity index (χ1v) is 6.19. The highest BCUT2D eigenvalue weighted by molar-refractivity contribution is 5.76. The van der Waals surface area contributed by atoms with Gasteiger partial charge in [-0.3, -0.25) is 4.79 Å². The molecule has 0 aliphatic carbocycles. The summed E-state index contributed by atoms with van der Waals surface area (Å²) in [4.78, 5) is 13.8. The van der Waals surface area contributed by atoms with Crippen molar-refractivity contribution in [3.8, 4) is 0 Å². The molecule has 2 N–H and O–H groups in total. The van der Waals surface area contributed by atoms with Crippen molar-refractivity contribution in [1.82, 2.24) is 4.90 Å². The van der Waals surface area contributed by atoms with Crippen LogP contribution >= 0.6 is 0 Å². The molecule has 0 aliphatic heterocycles. The summed E-state index contributed by atoms with van der Waals surface area (Å²) in [5.41, 5.74) is 5.51. The fourth-order valence-electron chi connectivity index (χ4n) is 1.50. The summed E-state index contributed by atoms with van der Waals surface area (Å²) in [7, 11) is 3.22. The molecule has 1 atom stereocenters. The Kier molecular flexibility index (Phi) is 10.1. The average molecular weight is 246 g/mol. The summed E-state index contributed by atoms with van der Waals surface area (Å²) in [6, 6.07) is 0. The molecule has 0 saturated heterocycles. The van der Waals surface area contributed by atoms with Gasteiger partial charge in [-0.15, -0.1) is 0 Å². The molecule has 0 aliphatic rings. The highest BCUT2D eigenvalue weighted by atomic mass is 16.5. The predicted molar refractivity (Wildman–Crippen MR) is 67.8 cm³/mol. The first-order valence-electron chi connectivity index (χ1n) is 6.19. The SMILES string of the molecule is CCCCN(CCOC)C(=O)CC(CN)OC. The minimum atomic E-state index is -0.186. The summed E-state index contributed by atoms with van der Waals surface area (Å²) in [6.07, 6.45) is 2.24. The van der Waals surface area contributed by atoms with Crippen LogP contribution in [0.5, 0.6) is 0 Å². The van der Waals surface area contributed by atoms with Crippen LogP contribution in [0, 0.1) is 0 Å². The number of nitrogens with zero attached hydrogens (tertiary/aromatic N) is 1. The van der Waals surface area contributed by atoms with Crippen molar-refractivity contribution >= 4 is 5.91 Å². The maximum Gasteiger partial charge on any atom is 0.225 e. The van der Waals surface area contributed by atoms with Crippen LogP contribution in [-0.2, 0) is 14.3 Å². The van der Waals surface area contributed by atoms with E-state index in [2.05, 4.69) is 6.92 Å². The minimum absolute atomic E-state index is 0.0906. The molecule has 0 aromatic rings. The predicted octanol–water partition coefficient (Wildman–Crippen LogP) is 0.625. The fraction of sp³-hybridized carbons (Fsp3) is 0.917. The monoisotopic (exact) mass is 246 g/mol. The molecule has 0 aromatic heterocycles. The van der Waals surface area contributed by atoms with Gasteiger partial charge >= 0.3 is 0 Å². The lowest BCUT2D eigenvalue weighted by molar-refractivity contribution is -0.134. The molecular formula is C12H26N2O3. The number of methoxy groups -OCH3 is 2. The number of carbonyl (C=O) groups excluding carboxylic acids is 1. The first kappa shape index (κ1) is 16.4. The summed E-state index contributed by atoms with van der Waals surface area (Å²) in [5.74, 6) is 0.0906. The maximum absolute atomic E-state index is 12.0. The number of hydrogen-bond acceptors (Lipinski definition) is 4. The third-order valence-electron chi connectivity index (χ3n) is 2.70. The van der Waals surface area contributed by atoms with E-state index in [0.717, 1.165) is 19.4 Å². The zero-order chi connectivity index (χ0) is 13.1. The van der Waals surface area contributed by atoms with Crippen LogP contribution in [0.15, 0.2) is 0 Å². The standard InChI is InChI=1S/C12H26N2O3/c1-4-5-6-14(7-8-16-2)12(15)9-11(10-13)17-3/h11H,4-10,13H2,1-3H3. The van der Waals surface area contributed by atoms with E-state index in [-0.39, 0.29) is 12.0 Å². The van der Waals surface area contributed by atoms with Crippen molar-refractivity contribution < 1.29 is 14.3 Å². The molecule has 102 valence electrons. The second-order valence-corrected chi connectivity index (χ2v) is 4.02. The van der Waals surface area contributed by atoms with Gasteiger partial charge in [-0.05, 0) is 6.42 Å². The molecule has 1 amide bonds. The lowest BCUT2D eigenvalue weighted by Crippen LogP contribution is -2.38. The van der Waals surface area contributed by atoms with Crippen molar-refractivity contribution in [3.63, 3.8) is 0 Å². The number of amides is 1. The van der Waals surface area contributed by atoms with E-state index in [0.29, 0.717) is 26.1 Å². The highest BCUT2D eigenvalue weighted by Crippen LogP contribution is 2.03. The number of nitrogens with two attached hydrogens (primary N) is 1. The van der Waals surface area contributed by atoms with E-state index in [4.69, 9.17) is 15.2 Å². The van der Waals surface area contributed by atoms with Gasteiger partial charge in [-0.1, -0.05) is 13.3 Å². The Balaban J connectivity index is 4.19. The Morgan fingerprint density at radius 1 is 1.35 bits per heavy atom. The second kappa shape index (κ2) is 10.5. The Morgan fingerprint density at radius 2 is 2.06 bits per heavy atom. The lowest BCUT2D eigenvalue weighted by atomic mass is 10.2. The number of hydrogen-bond donors (Lipinski definition) is 1. The molecule has 1 unspecified atom stereocenters. The van der Waals surface area contributed by atoms with E-state index >= 15 is 0 Å². The maximum atomic E-state index is 12.0. The molecule has 0 radical (unpaired) electrons. The Bertz CT molecular complexity index is 188. The second-order valence-electron chi connectivity index (χ2n) is 4.02. The van der Waals surface area contributed by atoms with E-state index in [1.807, 2.05) is 4.90 Å². The van der Waals surface area contributed by atoms with Crippen molar-refractivity contribution in [2.24, 2.45) is 5.73 Å². The molecule has 0 fully saturated rings. The van der Waals surface area contributed by atoms with E-state index in [1.165, 1.54) is 0 Å². The van der Waals surface area contributed by atoms with Crippen LogP contribution in [0.3, 0.4) is 0 Å². The molecular weight excluding hydrogens is 220 g/mol. The van der Waals surface area contributed by atoms with Gasteiger partial charge in [0, 0.05) is 33.9 Å². The minimum Gasteiger partial charge on any atom is -0.383 e. The zero-order valence-electron chi connectivity index (χ0n) is 11.3. The third-order valence-corrected chi connectivity index (χ3v) is 2.70. The number of carbonyl (C=O) groups is 1. The van der Waals surface area contributed by atoms with Crippen molar-refractivity contribution in [3.05, 3.63) is 0 Å². The smallest absolute Gasteiger partial charge is 0.225 e. The van der Waals surface area contributed by atoms with E-state index in [1.54, 1.807) is 14.2 Å². The fourth-order valence-corrected chi connectivity index (χ4v) is 1.50. The van der Waals surface area contributed by atoms with Gasteiger partial charge in [0.1, 0.15) is 0 Å². The van der Waals surface area contributed by atoms with Gasteiger partial charge in [0.15, 0.2) is 0 Å². The van der Waals surface area contributed by atoms with Crippen LogP contribution in [0.25, 0.3) is 0 Å². The van der Waals surface area contributed by atoms with Crippen molar-refractivity contribution in [2.45, 2.75) is 32.3 Å². The normalized spacial score (nSPS) is 12.5. The molecule has 5 heteroatoms. The van der Waals surface area contributed by atoms with Crippen molar-refractivity contribution in [2.75, 3.05) is 40.5 Å². The average Bonchev–Trinajstić information content (AvgIpc) is 2.35. The zero-order valence-corrected chi connectivity index (χ0v) is 11.3. The van der Waals surface area contributed by atoms with Gasteiger partial charge in [-0.25, -0.2) is 0 Å². The van der Waals surface area contributed by atoms with Gasteiger partial charge in [-0.2, -0.15) is 0 Å². The number of ether oxygens (including phenoxy) is 2. The van der Waals surface area contributed by atoms with Crippen molar-refractivity contribution in [1.29, 1.82) is 0 Å². The largest absolute Gasteiger partial charge is 0.383 e. The lowest BCUT2D eigenvalue weighted by Gasteiger charge is -2.24. The van der Waals surface area contributed by atoms with Gasteiger partial charge in [0.25, 0.3) is 0 Å². The molecule has 0 aromatic carbocycles. The Hall–Kier alpha value is -0.650. The molecule has 0 heterocycles. The highest BCUT2D eigenvalue weighted by Gasteiger charge is 2.17. The third kappa shape index (κ3) is 7.31. The Labute approximate surface area is 104 Å². The summed E-state index contributed by atoms with van der Waals surface area (Å²) in [6.45, 7) is 4.46. The quantitative estimate of drug-likeness (QED) is 0.614. The number of rotatable bonds is 10. The molecule has 5 nitrogen and oxygen atoms in total. The topological polar surface area (TPSA) is 64.8 Å². The van der Waals surface area contributed by atoms with E-state index < -0.39 is 0 Å². The van der Waals surface area contributed by atoms with Gasteiger partial charge < -0.3 is 20.1 Å². The molecule has 17 heavy (non-hydrogen) atoms. The van der Waals surface area contributed by atoms with Crippen LogP contribution in [0.4, 0.5) is 0 Å². The summed E-state index contributed by atoms with van der Waals surface area (Å²) >= 11 is 0. The Morgan fingerprint density at radius 3 is 2.53 bits per heavy atom. The first-order chi connectivity index (χ1) is 8.19. The summed E-state index contributed by atoms with van der Waals surface area (Å²) in [5, 5.41) is 0. The molecule has 0 rings (SSSR count). The molecule has 0 saturated carbocycles.